The molecule has 0 aromatic heterocycles. The van der Waals surface area contributed by atoms with Crippen LogP contribution in [0.4, 0.5) is 0 Å². The summed E-state index contributed by atoms with van der Waals surface area (Å²) in [5.74, 6) is -2.74. The standard InChI is InChI=1S/C19H34O7S/c1-3-5-6-7-8-9-10-11-12-14-16(13-4-2)26-19(22)17(15-18(20)21)27(23,24)25/h4,16-17H,2-3,5-15H2,1H3,(H,20,21)(H,23,24,25). The highest BCUT2D eigenvalue weighted by atomic mass is 32.2. The smallest absolute Gasteiger partial charge is 0.327 e. The van der Waals surface area contributed by atoms with Crippen LogP contribution in [0.15, 0.2) is 12.7 Å². The van der Waals surface area contributed by atoms with Gasteiger partial charge in [0.25, 0.3) is 10.1 Å². The molecule has 158 valence electrons. The van der Waals surface area contributed by atoms with Crippen molar-refractivity contribution in [3.63, 3.8) is 0 Å². The lowest BCUT2D eigenvalue weighted by molar-refractivity contribution is -0.151. The van der Waals surface area contributed by atoms with E-state index < -0.39 is 39.8 Å². The average molecular weight is 407 g/mol. The second-order valence-electron chi connectivity index (χ2n) is 6.80. The quantitative estimate of drug-likeness (QED) is 0.161. The van der Waals surface area contributed by atoms with Crippen molar-refractivity contribution in [1.29, 1.82) is 0 Å². The van der Waals surface area contributed by atoms with Crippen LogP contribution >= 0.6 is 0 Å². The molecule has 0 aliphatic rings. The van der Waals surface area contributed by atoms with Gasteiger partial charge in [-0.25, -0.2) is 0 Å². The van der Waals surface area contributed by atoms with Gasteiger partial charge in [0, 0.05) is 6.42 Å². The lowest BCUT2D eigenvalue weighted by atomic mass is 10.0. The predicted octanol–water partition coefficient (Wildman–Crippen LogP) is 4.13. The highest BCUT2D eigenvalue weighted by molar-refractivity contribution is 7.87. The summed E-state index contributed by atoms with van der Waals surface area (Å²) in [6.45, 7) is 5.78. The van der Waals surface area contributed by atoms with E-state index in [1.807, 2.05) is 0 Å². The fourth-order valence-corrected chi connectivity index (χ4v) is 3.45. The first-order valence-corrected chi connectivity index (χ1v) is 11.2. The van der Waals surface area contributed by atoms with Crippen LogP contribution in [0.3, 0.4) is 0 Å². The van der Waals surface area contributed by atoms with Crippen molar-refractivity contribution >= 4 is 22.1 Å². The molecule has 0 radical (unpaired) electrons. The number of hydrogen-bond donors (Lipinski definition) is 2. The molecule has 0 aromatic carbocycles. The topological polar surface area (TPSA) is 118 Å². The van der Waals surface area contributed by atoms with Crippen LogP contribution in [0.2, 0.25) is 0 Å². The Hall–Kier alpha value is -1.41. The maximum absolute atomic E-state index is 12.0. The normalized spacial score (nSPS) is 13.7. The molecular weight excluding hydrogens is 372 g/mol. The van der Waals surface area contributed by atoms with Gasteiger partial charge < -0.3 is 9.84 Å². The molecule has 2 atom stereocenters. The van der Waals surface area contributed by atoms with Crippen molar-refractivity contribution in [3.05, 3.63) is 12.7 Å². The van der Waals surface area contributed by atoms with E-state index in [1.165, 1.54) is 38.5 Å². The largest absolute Gasteiger partial charge is 0.481 e. The van der Waals surface area contributed by atoms with Gasteiger partial charge in [-0.1, -0.05) is 64.4 Å². The van der Waals surface area contributed by atoms with Crippen molar-refractivity contribution < 1.29 is 32.4 Å². The monoisotopic (exact) mass is 406 g/mol. The zero-order valence-electron chi connectivity index (χ0n) is 16.3. The number of ether oxygens (including phenoxy) is 1. The van der Waals surface area contributed by atoms with Gasteiger partial charge in [-0.05, 0) is 12.8 Å². The number of unbranched alkanes of at least 4 members (excludes halogenated alkanes) is 8. The van der Waals surface area contributed by atoms with Crippen LogP contribution in [0.1, 0.15) is 84.0 Å². The average Bonchev–Trinajstić information content (AvgIpc) is 2.57. The summed E-state index contributed by atoms with van der Waals surface area (Å²) in [6, 6.07) is 0. The second-order valence-corrected chi connectivity index (χ2v) is 8.40. The molecule has 0 bridgehead atoms. The SMILES string of the molecule is C=CCC(CCCCCCCCCCC)OC(=O)C(CC(=O)O)S(=O)(=O)O. The minimum atomic E-state index is -4.84. The molecule has 0 aliphatic heterocycles. The van der Waals surface area contributed by atoms with E-state index >= 15 is 0 Å². The fourth-order valence-electron chi connectivity index (χ4n) is 2.80. The Labute approximate surface area is 162 Å². The van der Waals surface area contributed by atoms with E-state index in [4.69, 9.17) is 14.4 Å². The molecule has 7 nitrogen and oxygen atoms in total. The molecule has 0 saturated heterocycles. The summed E-state index contributed by atoms with van der Waals surface area (Å²) in [7, 11) is -4.84. The van der Waals surface area contributed by atoms with Gasteiger partial charge in [0.2, 0.25) is 0 Å². The van der Waals surface area contributed by atoms with E-state index in [0.717, 1.165) is 19.3 Å². The summed E-state index contributed by atoms with van der Waals surface area (Å²) in [4.78, 5) is 22.7. The minimum absolute atomic E-state index is 0.341. The molecule has 27 heavy (non-hydrogen) atoms. The molecule has 2 unspecified atom stereocenters. The molecule has 0 heterocycles. The van der Waals surface area contributed by atoms with Crippen LogP contribution in [-0.4, -0.2) is 41.4 Å². The van der Waals surface area contributed by atoms with Crippen LogP contribution in [0.5, 0.6) is 0 Å². The molecule has 0 rings (SSSR count). The number of carbonyl (C=O) groups is 2. The maximum atomic E-state index is 12.0. The van der Waals surface area contributed by atoms with Crippen molar-refractivity contribution in [2.45, 2.75) is 95.3 Å². The lowest BCUT2D eigenvalue weighted by Gasteiger charge is -2.19. The zero-order valence-corrected chi connectivity index (χ0v) is 17.1. The van der Waals surface area contributed by atoms with Gasteiger partial charge in [0.15, 0.2) is 5.25 Å². The molecule has 0 aromatic rings. The van der Waals surface area contributed by atoms with E-state index in [9.17, 15) is 18.0 Å². The van der Waals surface area contributed by atoms with Gasteiger partial charge >= 0.3 is 11.9 Å². The van der Waals surface area contributed by atoms with Gasteiger partial charge in [-0.3, -0.25) is 14.1 Å². The summed E-state index contributed by atoms with van der Waals surface area (Å²) in [5, 5.41) is 6.62. The summed E-state index contributed by atoms with van der Waals surface area (Å²) >= 11 is 0. The highest BCUT2D eigenvalue weighted by Gasteiger charge is 2.36. The first-order valence-electron chi connectivity index (χ1n) is 9.71. The number of rotatable bonds is 17. The minimum Gasteiger partial charge on any atom is -0.481 e. The number of aliphatic carboxylic acids is 1. The number of hydrogen-bond acceptors (Lipinski definition) is 5. The van der Waals surface area contributed by atoms with Crippen molar-refractivity contribution in [1.82, 2.24) is 0 Å². The van der Waals surface area contributed by atoms with Gasteiger partial charge in [0.1, 0.15) is 6.10 Å². The molecule has 0 amide bonds. The van der Waals surface area contributed by atoms with Gasteiger partial charge in [0.05, 0.1) is 6.42 Å². The van der Waals surface area contributed by atoms with Crippen molar-refractivity contribution in [3.8, 4) is 0 Å². The first-order chi connectivity index (χ1) is 12.7. The van der Waals surface area contributed by atoms with Gasteiger partial charge in [-0.15, -0.1) is 6.58 Å². The van der Waals surface area contributed by atoms with Crippen molar-refractivity contribution in [2.75, 3.05) is 0 Å². The maximum Gasteiger partial charge on any atom is 0.327 e. The Kier molecular flexibility index (Phi) is 13.9. The molecule has 2 N–H and O–H groups in total. The molecule has 0 saturated carbocycles. The molecule has 0 spiro atoms. The Morgan fingerprint density at radius 2 is 1.56 bits per heavy atom. The highest BCUT2D eigenvalue weighted by Crippen LogP contribution is 2.17. The number of carbonyl (C=O) groups excluding carboxylic acids is 1. The van der Waals surface area contributed by atoms with Crippen LogP contribution in [-0.2, 0) is 24.4 Å². The predicted molar refractivity (Wildman–Crippen MR) is 104 cm³/mol. The third-order valence-corrected chi connectivity index (χ3v) is 5.40. The van der Waals surface area contributed by atoms with E-state index in [-0.39, 0.29) is 0 Å². The third kappa shape index (κ3) is 13.4. The Morgan fingerprint density at radius 1 is 1.04 bits per heavy atom. The molecular formula is C19H34O7S. The Bertz CT molecular complexity index is 542. The van der Waals surface area contributed by atoms with Crippen LogP contribution in [0, 0.1) is 0 Å². The Balaban J connectivity index is 4.32. The first kappa shape index (κ1) is 25.6. The van der Waals surface area contributed by atoms with Crippen molar-refractivity contribution in [2.24, 2.45) is 0 Å². The lowest BCUT2D eigenvalue weighted by Crippen LogP contribution is -2.36. The van der Waals surface area contributed by atoms with Crippen LogP contribution in [0.25, 0.3) is 0 Å². The Morgan fingerprint density at radius 3 is 2.00 bits per heavy atom. The number of carboxylic acids is 1. The number of esters is 1. The zero-order chi connectivity index (χ0) is 20.7. The van der Waals surface area contributed by atoms with Gasteiger partial charge in [-0.2, -0.15) is 8.42 Å². The summed E-state index contributed by atoms with van der Waals surface area (Å²) in [5.41, 5.74) is 0. The summed E-state index contributed by atoms with van der Waals surface area (Å²) in [6.07, 6.45) is 11.2. The van der Waals surface area contributed by atoms with E-state index in [2.05, 4.69) is 13.5 Å². The molecule has 0 aliphatic carbocycles. The molecule has 0 fully saturated rings. The third-order valence-electron chi connectivity index (χ3n) is 4.32. The van der Waals surface area contributed by atoms with E-state index in [1.54, 1.807) is 6.08 Å². The fraction of sp³-hybridized carbons (Fsp3) is 0.789. The molecule has 8 heteroatoms. The number of carboxylic acid groups (broad SMARTS) is 1. The second kappa shape index (κ2) is 14.6. The van der Waals surface area contributed by atoms with E-state index in [0.29, 0.717) is 12.8 Å². The van der Waals surface area contributed by atoms with Crippen LogP contribution < -0.4 is 0 Å². The summed E-state index contributed by atoms with van der Waals surface area (Å²) < 4.78 is 36.7.